The number of nitrogens with zero attached hydrogens (tertiary/aromatic N) is 1. The van der Waals surface area contributed by atoms with E-state index >= 15 is 0 Å². The van der Waals surface area contributed by atoms with E-state index in [9.17, 15) is 9.59 Å². The molecule has 1 saturated heterocycles. The Balaban J connectivity index is 1.68. The van der Waals surface area contributed by atoms with Gasteiger partial charge < -0.3 is 14.6 Å². The summed E-state index contributed by atoms with van der Waals surface area (Å²) in [7, 11) is 0. The molecule has 3 rings (SSSR count). The molecule has 1 aliphatic rings. The lowest BCUT2D eigenvalue weighted by Crippen LogP contribution is -2.44. The number of piperidine rings is 1. The Morgan fingerprint density at radius 1 is 1.30 bits per heavy atom. The largest absolute Gasteiger partial charge is 0.451 e. The summed E-state index contributed by atoms with van der Waals surface area (Å²) in [6.45, 7) is 5.29. The normalized spacial score (nSPS) is 16.6. The van der Waals surface area contributed by atoms with Crippen molar-refractivity contribution in [2.24, 2.45) is 0 Å². The summed E-state index contributed by atoms with van der Waals surface area (Å²) in [5, 5.41) is 3.49. The SMILES string of the molecule is CCCN1CCC(NC(=O)c2cc(=O)c3ccccc3o2)CC1. The van der Waals surface area contributed by atoms with Crippen molar-refractivity contribution in [3.05, 3.63) is 46.3 Å². The Hall–Kier alpha value is -2.14. The molecule has 2 heterocycles. The number of nitrogens with one attached hydrogen (secondary N) is 1. The molecule has 0 saturated carbocycles. The molecule has 5 heteroatoms. The average molecular weight is 314 g/mol. The molecule has 122 valence electrons. The second kappa shape index (κ2) is 6.96. The van der Waals surface area contributed by atoms with Crippen LogP contribution < -0.4 is 10.7 Å². The number of hydrogen-bond acceptors (Lipinski definition) is 4. The monoisotopic (exact) mass is 314 g/mol. The predicted molar refractivity (Wildman–Crippen MR) is 89.7 cm³/mol. The van der Waals surface area contributed by atoms with Gasteiger partial charge in [0, 0.05) is 25.2 Å². The number of amides is 1. The molecular weight excluding hydrogens is 292 g/mol. The molecule has 1 amide bonds. The van der Waals surface area contributed by atoms with E-state index in [4.69, 9.17) is 4.42 Å². The summed E-state index contributed by atoms with van der Waals surface area (Å²) >= 11 is 0. The van der Waals surface area contributed by atoms with Crippen LogP contribution in [0.15, 0.2) is 39.5 Å². The van der Waals surface area contributed by atoms with Gasteiger partial charge in [0.25, 0.3) is 5.91 Å². The van der Waals surface area contributed by atoms with Crippen molar-refractivity contribution in [1.82, 2.24) is 10.2 Å². The molecule has 0 atom stereocenters. The van der Waals surface area contributed by atoms with E-state index in [1.54, 1.807) is 24.3 Å². The van der Waals surface area contributed by atoms with Gasteiger partial charge in [-0.3, -0.25) is 9.59 Å². The maximum atomic E-state index is 12.4. The zero-order chi connectivity index (χ0) is 16.2. The van der Waals surface area contributed by atoms with E-state index in [1.165, 1.54) is 6.07 Å². The lowest BCUT2D eigenvalue weighted by molar-refractivity contribution is 0.0884. The molecule has 0 aliphatic carbocycles. The van der Waals surface area contributed by atoms with Crippen molar-refractivity contribution in [3.8, 4) is 0 Å². The molecule has 0 radical (unpaired) electrons. The van der Waals surface area contributed by atoms with Crippen molar-refractivity contribution in [1.29, 1.82) is 0 Å². The second-order valence-electron chi connectivity index (χ2n) is 6.06. The molecule has 0 unspecified atom stereocenters. The third-order valence-corrected chi connectivity index (χ3v) is 4.32. The fraction of sp³-hybridized carbons (Fsp3) is 0.444. The molecule has 5 nitrogen and oxygen atoms in total. The van der Waals surface area contributed by atoms with Gasteiger partial charge in [-0.2, -0.15) is 0 Å². The lowest BCUT2D eigenvalue weighted by atomic mass is 10.0. The molecule has 1 aromatic carbocycles. The van der Waals surface area contributed by atoms with Crippen LogP contribution in [0.5, 0.6) is 0 Å². The average Bonchev–Trinajstić information content (AvgIpc) is 2.57. The van der Waals surface area contributed by atoms with Gasteiger partial charge in [0.1, 0.15) is 5.58 Å². The van der Waals surface area contributed by atoms with Gasteiger partial charge in [0.2, 0.25) is 0 Å². The van der Waals surface area contributed by atoms with E-state index < -0.39 is 0 Å². The van der Waals surface area contributed by atoms with Crippen LogP contribution >= 0.6 is 0 Å². The topological polar surface area (TPSA) is 62.6 Å². The quantitative estimate of drug-likeness (QED) is 0.941. The van der Waals surface area contributed by atoms with Gasteiger partial charge in [-0.05, 0) is 37.9 Å². The van der Waals surface area contributed by atoms with Gasteiger partial charge in [0.15, 0.2) is 11.2 Å². The van der Waals surface area contributed by atoms with Gasteiger partial charge >= 0.3 is 0 Å². The summed E-state index contributed by atoms with van der Waals surface area (Å²) < 4.78 is 5.58. The van der Waals surface area contributed by atoms with E-state index in [1.807, 2.05) is 0 Å². The number of carbonyl (C=O) groups excluding carboxylic acids is 1. The van der Waals surface area contributed by atoms with Crippen LogP contribution in [0.2, 0.25) is 0 Å². The number of carbonyl (C=O) groups is 1. The number of fused-ring (bicyclic) bond motifs is 1. The second-order valence-corrected chi connectivity index (χ2v) is 6.06. The Morgan fingerprint density at radius 3 is 2.78 bits per heavy atom. The van der Waals surface area contributed by atoms with Crippen molar-refractivity contribution < 1.29 is 9.21 Å². The summed E-state index contributed by atoms with van der Waals surface area (Å²) in [5.74, 6) is -0.216. The molecule has 1 aromatic heterocycles. The van der Waals surface area contributed by atoms with Crippen LogP contribution in [0.1, 0.15) is 36.7 Å². The Morgan fingerprint density at radius 2 is 2.04 bits per heavy atom. The standard InChI is InChI=1S/C18H22N2O3/c1-2-9-20-10-7-13(8-11-20)19-18(22)17-12-15(21)14-5-3-4-6-16(14)23-17/h3-6,12-13H,2,7-11H2,1H3,(H,19,22). The summed E-state index contributed by atoms with van der Waals surface area (Å²) in [6, 6.07) is 8.40. The number of para-hydroxylation sites is 1. The highest BCUT2D eigenvalue weighted by molar-refractivity contribution is 5.93. The Kier molecular flexibility index (Phi) is 4.76. The van der Waals surface area contributed by atoms with E-state index in [0.29, 0.717) is 11.0 Å². The maximum Gasteiger partial charge on any atom is 0.287 e. The van der Waals surface area contributed by atoms with E-state index in [2.05, 4.69) is 17.1 Å². The summed E-state index contributed by atoms with van der Waals surface area (Å²) in [4.78, 5) is 26.8. The molecule has 0 spiro atoms. The highest BCUT2D eigenvalue weighted by Crippen LogP contribution is 2.14. The number of likely N-dealkylation sites (tertiary alicyclic amines) is 1. The maximum absolute atomic E-state index is 12.4. The minimum absolute atomic E-state index is 0.0877. The van der Waals surface area contributed by atoms with Gasteiger partial charge in [-0.1, -0.05) is 19.1 Å². The van der Waals surface area contributed by atoms with E-state index in [-0.39, 0.29) is 23.1 Å². The fourth-order valence-electron chi connectivity index (χ4n) is 3.09. The van der Waals surface area contributed by atoms with Crippen LogP contribution in [-0.4, -0.2) is 36.5 Å². The minimum Gasteiger partial charge on any atom is -0.451 e. The van der Waals surface area contributed by atoms with Gasteiger partial charge in [-0.15, -0.1) is 0 Å². The third kappa shape index (κ3) is 3.62. The smallest absolute Gasteiger partial charge is 0.287 e. The number of rotatable bonds is 4. The van der Waals surface area contributed by atoms with E-state index in [0.717, 1.165) is 38.9 Å². The molecule has 0 bridgehead atoms. The van der Waals surface area contributed by atoms with Crippen molar-refractivity contribution in [3.63, 3.8) is 0 Å². The van der Waals surface area contributed by atoms with Crippen LogP contribution in [-0.2, 0) is 0 Å². The van der Waals surface area contributed by atoms with Crippen LogP contribution in [0, 0.1) is 0 Å². The third-order valence-electron chi connectivity index (χ3n) is 4.32. The summed E-state index contributed by atoms with van der Waals surface area (Å²) in [5.41, 5.74) is 0.262. The number of hydrogen-bond donors (Lipinski definition) is 1. The highest BCUT2D eigenvalue weighted by atomic mass is 16.3. The Bertz CT molecular complexity index is 745. The Labute approximate surface area is 135 Å². The van der Waals surface area contributed by atoms with Crippen LogP contribution in [0.25, 0.3) is 11.0 Å². The van der Waals surface area contributed by atoms with Crippen molar-refractivity contribution in [2.75, 3.05) is 19.6 Å². The fourth-order valence-corrected chi connectivity index (χ4v) is 3.09. The number of benzene rings is 1. The highest BCUT2D eigenvalue weighted by Gasteiger charge is 2.22. The molecule has 2 aromatic rings. The van der Waals surface area contributed by atoms with Crippen LogP contribution in [0.4, 0.5) is 0 Å². The first-order chi connectivity index (χ1) is 11.2. The summed E-state index contributed by atoms with van der Waals surface area (Å²) in [6.07, 6.45) is 3.02. The van der Waals surface area contributed by atoms with Gasteiger partial charge in [-0.25, -0.2) is 0 Å². The minimum atomic E-state index is -0.304. The molecule has 1 N–H and O–H groups in total. The zero-order valence-corrected chi connectivity index (χ0v) is 13.4. The first-order valence-corrected chi connectivity index (χ1v) is 8.23. The molecular formula is C18H22N2O3. The van der Waals surface area contributed by atoms with Gasteiger partial charge in [0.05, 0.1) is 5.39 Å². The molecule has 23 heavy (non-hydrogen) atoms. The first kappa shape index (κ1) is 15.7. The zero-order valence-electron chi connectivity index (χ0n) is 13.4. The van der Waals surface area contributed by atoms with Crippen molar-refractivity contribution in [2.45, 2.75) is 32.2 Å². The predicted octanol–water partition coefficient (Wildman–Crippen LogP) is 2.40. The lowest BCUT2D eigenvalue weighted by Gasteiger charge is -2.31. The molecule has 1 aliphatic heterocycles. The molecule has 1 fully saturated rings. The van der Waals surface area contributed by atoms with Crippen molar-refractivity contribution >= 4 is 16.9 Å². The van der Waals surface area contributed by atoms with Crippen LogP contribution in [0.3, 0.4) is 0 Å². The first-order valence-electron chi connectivity index (χ1n) is 8.23.